The Balaban J connectivity index is 1.63. The molecule has 0 spiro atoms. The molecule has 0 fully saturated rings. The molecule has 1 aromatic heterocycles. The number of hydrogen-bond donors (Lipinski definition) is 0. The van der Waals surface area contributed by atoms with E-state index in [1.807, 2.05) is 42.5 Å². The van der Waals surface area contributed by atoms with Gasteiger partial charge in [-0.05, 0) is 37.1 Å². The number of benzene rings is 2. The molecule has 0 atom stereocenters. The lowest BCUT2D eigenvalue weighted by atomic mass is 10.1. The molecule has 3 aromatic rings. The van der Waals surface area contributed by atoms with E-state index in [-0.39, 0.29) is 44.5 Å². The van der Waals surface area contributed by atoms with Gasteiger partial charge in [-0.25, -0.2) is 9.59 Å². The van der Waals surface area contributed by atoms with Crippen LogP contribution in [0.3, 0.4) is 0 Å². The molecule has 10 heteroatoms. The SMILES string of the molecule is C=CC(=O)OCCCCOc1nc(OCCCCOC(=O)C=C)nc(Oc2cccc3ccccc23)n1. The number of hydrogen-bond acceptors (Lipinski definition) is 10. The van der Waals surface area contributed by atoms with Gasteiger partial charge in [0.2, 0.25) is 0 Å². The third-order valence-corrected chi connectivity index (χ3v) is 4.89. The van der Waals surface area contributed by atoms with E-state index < -0.39 is 11.9 Å². The van der Waals surface area contributed by atoms with E-state index in [0.717, 1.165) is 22.9 Å². The zero-order valence-corrected chi connectivity index (χ0v) is 20.5. The van der Waals surface area contributed by atoms with Crippen molar-refractivity contribution in [1.82, 2.24) is 15.0 Å². The summed E-state index contributed by atoms with van der Waals surface area (Å²) in [6.07, 6.45) is 4.65. The van der Waals surface area contributed by atoms with Gasteiger partial charge in [-0.15, -0.1) is 15.0 Å². The maximum atomic E-state index is 11.1. The van der Waals surface area contributed by atoms with E-state index in [9.17, 15) is 9.59 Å². The van der Waals surface area contributed by atoms with Gasteiger partial charge in [-0.3, -0.25) is 0 Å². The van der Waals surface area contributed by atoms with Crippen LogP contribution in [0, 0.1) is 0 Å². The average Bonchev–Trinajstić information content (AvgIpc) is 2.92. The van der Waals surface area contributed by atoms with Crippen molar-refractivity contribution in [3.8, 4) is 23.8 Å². The standard InChI is InChI=1S/C27H29N3O7/c1-3-23(31)33-16-7-9-18-35-25-28-26(36-19-10-8-17-34-24(32)4-2)30-27(29-25)37-22-15-11-13-20-12-5-6-14-21(20)22/h3-6,11-15H,1-2,7-10,16-19H2. The first-order valence-corrected chi connectivity index (χ1v) is 11.8. The fourth-order valence-electron chi connectivity index (χ4n) is 3.08. The summed E-state index contributed by atoms with van der Waals surface area (Å²) >= 11 is 0. The largest absolute Gasteiger partial charge is 0.463 e. The van der Waals surface area contributed by atoms with Crippen LogP contribution in [0.1, 0.15) is 25.7 Å². The first-order valence-electron chi connectivity index (χ1n) is 11.8. The van der Waals surface area contributed by atoms with Gasteiger partial charge in [0.15, 0.2) is 0 Å². The number of carbonyl (C=O) groups is 2. The number of esters is 2. The van der Waals surface area contributed by atoms with Crippen LogP contribution in [0.4, 0.5) is 0 Å². The maximum absolute atomic E-state index is 11.1. The molecule has 0 aliphatic rings. The molecule has 2 aromatic carbocycles. The zero-order chi connectivity index (χ0) is 26.3. The van der Waals surface area contributed by atoms with E-state index in [1.54, 1.807) is 0 Å². The summed E-state index contributed by atoms with van der Waals surface area (Å²) in [5.41, 5.74) is 0. The van der Waals surface area contributed by atoms with E-state index >= 15 is 0 Å². The molecule has 10 nitrogen and oxygen atoms in total. The Labute approximate surface area is 214 Å². The quantitative estimate of drug-likeness (QED) is 0.155. The Kier molecular flexibility index (Phi) is 10.9. The minimum Gasteiger partial charge on any atom is -0.463 e. The number of unbranched alkanes of at least 4 members (excludes halogenated alkanes) is 2. The van der Waals surface area contributed by atoms with Crippen molar-refractivity contribution in [2.45, 2.75) is 25.7 Å². The summed E-state index contributed by atoms with van der Waals surface area (Å²) < 4.78 is 27.2. The fourth-order valence-corrected chi connectivity index (χ4v) is 3.08. The van der Waals surface area contributed by atoms with Crippen LogP contribution >= 0.6 is 0 Å². The number of rotatable bonds is 16. The fraction of sp³-hybridized carbons (Fsp3) is 0.296. The van der Waals surface area contributed by atoms with E-state index in [2.05, 4.69) is 28.1 Å². The topological polar surface area (TPSA) is 119 Å². The number of nitrogens with zero attached hydrogens (tertiary/aromatic N) is 3. The smallest absolute Gasteiger partial charge is 0.331 e. The van der Waals surface area contributed by atoms with Crippen molar-refractivity contribution in [2.75, 3.05) is 26.4 Å². The Hall–Kier alpha value is -4.47. The van der Waals surface area contributed by atoms with Gasteiger partial charge in [-0.1, -0.05) is 49.6 Å². The molecule has 0 amide bonds. The summed E-state index contributed by atoms with van der Waals surface area (Å²) in [7, 11) is 0. The number of fused-ring (bicyclic) bond motifs is 1. The lowest BCUT2D eigenvalue weighted by Crippen LogP contribution is -2.09. The van der Waals surface area contributed by atoms with Gasteiger partial charge in [0.1, 0.15) is 5.75 Å². The highest BCUT2D eigenvalue weighted by molar-refractivity contribution is 5.88. The second-order valence-electron chi connectivity index (χ2n) is 7.62. The van der Waals surface area contributed by atoms with Crippen LogP contribution in [0.5, 0.6) is 23.8 Å². The predicted molar refractivity (Wildman–Crippen MR) is 136 cm³/mol. The second kappa shape index (κ2) is 14.8. The van der Waals surface area contributed by atoms with E-state index in [0.29, 0.717) is 31.4 Å². The molecule has 0 saturated heterocycles. The van der Waals surface area contributed by atoms with Crippen molar-refractivity contribution < 1.29 is 33.3 Å². The molecule has 37 heavy (non-hydrogen) atoms. The maximum Gasteiger partial charge on any atom is 0.331 e. The Morgan fingerprint density at radius 1 is 0.676 bits per heavy atom. The molecule has 0 radical (unpaired) electrons. The molecule has 194 valence electrons. The Morgan fingerprint density at radius 3 is 1.78 bits per heavy atom. The molecule has 0 N–H and O–H groups in total. The van der Waals surface area contributed by atoms with Crippen LogP contribution in [0.15, 0.2) is 67.8 Å². The van der Waals surface area contributed by atoms with Crippen LogP contribution < -0.4 is 14.2 Å². The highest BCUT2D eigenvalue weighted by Crippen LogP contribution is 2.29. The van der Waals surface area contributed by atoms with Gasteiger partial charge in [0, 0.05) is 17.5 Å². The summed E-state index contributed by atoms with van der Waals surface area (Å²) in [6.45, 7) is 7.81. The predicted octanol–water partition coefficient (Wildman–Crippen LogP) is 4.59. The molecule has 0 bridgehead atoms. The summed E-state index contributed by atoms with van der Waals surface area (Å²) in [5, 5.41) is 1.91. The van der Waals surface area contributed by atoms with Gasteiger partial charge in [0.05, 0.1) is 26.4 Å². The van der Waals surface area contributed by atoms with Crippen LogP contribution in [-0.4, -0.2) is 53.3 Å². The second-order valence-corrected chi connectivity index (χ2v) is 7.62. The number of carbonyl (C=O) groups excluding carboxylic acids is 2. The Bertz CT molecular complexity index is 1160. The first kappa shape index (κ1) is 27.1. The lowest BCUT2D eigenvalue weighted by molar-refractivity contribution is -0.138. The molecule has 0 unspecified atom stereocenters. The molecule has 1 heterocycles. The van der Waals surface area contributed by atoms with Crippen molar-refractivity contribution in [3.05, 3.63) is 67.8 Å². The summed E-state index contributed by atoms with van der Waals surface area (Å²) in [5.74, 6) is -0.349. The lowest BCUT2D eigenvalue weighted by Gasteiger charge is -2.11. The third-order valence-electron chi connectivity index (χ3n) is 4.89. The highest BCUT2D eigenvalue weighted by atomic mass is 16.5. The van der Waals surface area contributed by atoms with Crippen LogP contribution in [0.25, 0.3) is 10.8 Å². The minimum atomic E-state index is -0.464. The molecule has 0 aliphatic carbocycles. The van der Waals surface area contributed by atoms with Crippen LogP contribution in [-0.2, 0) is 19.1 Å². The molecular weight excluding hydrogens is 478 g/mol. The van der Waals surface area contributed by atoms with E-state index in [1.165, 1.54) is 0 Å². The van der Waals surface area contributed by atoms with Gasteiger partial charge in [-0.2, -0.15) is 0 Å². The van der Waals surface area contributed by atoms with Gasteiger partial charge < -0.3 is 23.7 Å². The van der Waals surface area contributed by atoms with Crippen molar-refractivity contribution in [1.29, 1.82) is 0 Å². The third kappa shape index (κ3) is 9.25. The minimum absolute atomic E-state index is 0.0242. The molecular formula is C27H29N3O7. The highest BCUT2D eigenvalue weighted by Gasteiger charge is 2.13. The summed E-state index contributed by atoms with van der Waals surface area (Å²) in [6, 6.07) is 13.6. The zero-order valence-electron chi connectivity index (χ0n) is 20.5. The van der Waals surface area contributed by atoms with Gasteiger partial charge in [0.25, 0.3) is 0 Å². The molecule has 0 saturated carbocycles. The molecule has 3 rings (SSSR count). The van der Waals surface area contributed by atoms with Crippen LogP contribution in [0.2, 0.25) is 0 Å². The number of ether oxygens (including phenoxy) is 5. The van der Waals surface area contributed by atoms with Crippen molar-refractivity contribution >= 4 is 22.7 Å². The average molecular weight is 508 g/mol. The van der Waals surface area contributed by atoms with Crippen molar-refractivity contribution in [2.24, 2.45) is 0 Å². The van der Waals surface area contributed by atoms with Crippen molar-refractivity contribution in [3.63, 3.8) is 0 Å². The molecule has 0 aliphatic heterocycles. The van der Waals surface area contributed by atoms with Gasteiger partial charge >= 0.3 is 30.0 Å². The summed E-state index contributed by atoms with van der Waals surface area (Å²) in [4.78, 5) is 35.0. The first-order chi connectivity index (χ1) is 18.1. The Morgan fingerprint density at radius 2 is 1.19 bits per heavy atom. The monoisotopic (exact) mass is 507 g/mol. The normalized spacial score (nSPS) is 10.4. The van der Waals surface area contributed by atoms with E-state index in [4.69, 9.17) is 23.7 Å². The number of aromatic nitrogens is 3.